The molecule has 1 aromatic carbocycles. The molecular formula is C22H28ClFN4O. The highest BCUT2D eigenvalue weighted by Crippen LogP contribution is 2.38. The molecule has 2 aromatic rings. The van der Waals surface area contributed by atoms with Crippen LogP contribution >= 0.6 is 12.4 Å². The largest absolute Gasteiger partial charge is 0.337 e. The quantitative estimate of drug-likeness (QED) is 0.812. The van der Waals surface area contributed by atoms with Crippen molar-refractivity contribution in [1.29, 1.82) is 0 Å². The van der Waals surface area contributed by atoms with Crippen LogP contribution in [0.25, 0.3) is 5.69 Å². The molecule has 1 aromatic heterocycles. The Hall–Kier alpha value is -1.92. The first-order chi connectivity index (χ1) is 13.6. The molecule has 2 aliphatic heterocycles. The lowest BCUT2D eigenvalue weighted by Crippen LogP contribution is -2.44. The maximum Gasteiger partial charge on any atom is 0.274 e. The maximum absolute atomic E-state index is 14.6. The van der Waals surface area contributed by atoms with Gasteiger partial charge in [-0.25, -0.2) is 9.07 Å². The number of aromatic nitrogens is 2. The van der Waals surface area contributed by atoms with Crippen molar-refractivity contribution in [2.24, 2.45) is 5.41 Å². The van der Waals surface area contributed by atoms with E-state index in [0.717, 1.165) is 75.1 Å². The summed E-state index contributed by atoms with van der Waals surface area (Å²) in [4.78, 5) is 15.2. The van der Waals surface area contributed by atoms with Crippen molar-refractivity contribution in [3.63, 3.8) is 0 Å². The number of halogens is 2. The molecule has 0 radical (unpaired) electrons. The van der Waals surface area contributed by atoms with E-state index in [4.69, 9.17) is 0 Å². The van der Waals surface area contributed by atoms with Crippen LogP contribution in [0.15, 0.2) is 18.2 Å². The molecular weight excluding hydrogens is 391 g/mol. The van der Waals surface area contributed by atoms with Crippen molar-refractivity contribution >= 4 is 18.3 Å². The molecule has 29 heavy (non-hydrogen) atoms. The molecule has 2 fully saturated rings. The fourth-order valence-electron chi connectivity index (χ4n) is 5.15. The van der Waals surface area contributed by atoms with Crippen molar-refractivity contribution in [2.45, 2.75) is 45.4 Å². The van der Waals surface area contributed by atoms with Gasteiger partial charge in [0, 0.05) is 30.9 Å². The van der Waals surface area contributed by atoms with Gasteiger partial charge in [-0.3, -0.25) is 4.79 Å². The van der Waals surface area contributed by atoms with E-state index in [1.807, 2.05) is 17.9 Å². The average molecular weight is 419 g/mol. The number of amides is 1. The van der Waals surface area contributed by atoms with Crippen molar-refractivity contribution in [2.75, 3.05) is 26.2 Å². The first-order valence-corrected chi connectivity index (χ1v) is 10.4. The van der Waals surface area contributed by atoms with Crippen molar-refractivity contribution in [3.8, 4) is 5.69 Å². The van der Waals surface area contributed by atoms with Crippen molar-refractivity contribution in [3.05, 3.63) is 46.5 Å². The Balaban J connectivity index is 0.00000205. The summed E-state index contributed by atoms with van der Waals surface area (Å²) < 4.78 is 16.3. The Bertz CT molecular complexity index is 925. The molecule has 156 valence electrons. The average Bonchev–Trinajstić information content (AvgIpc) is 3.40. The normalized spacial score (nSPS) is 20.0. The molecule has 3 aliphatic rings. The summed E-state index contributed by atoms with van der Waals surface area (Å²) >= 11 is 0. The van der Waals surface area contributed by atoms with Gasteiger partial charge in [-0.1, -0.05) is 6.07 Å². The Morgan fingerprint density at radius 2 is 2.00 bits per heavy atom. The molecule has 5 rings (SSSR count). The highest BCUT2D eigenvalue weighted by atomic mass is 35.5. The highest BCUT2D eigenvalue weighted by molar-refractivity contribution is 5.94. The number of likely N-dealkylation sites (tertiary alicyclic amines) is 1. The minimum Gasteiger partial charge on any atom is -0.337 e. The van der Waals surface area contributed by atoms with Crippen LogP contribution in [-0.4, -0.2) is 46.8 Å². The zero-order valence-corrected chi connectivity index (χ0v) is 17.7. The Kier molecular flexibility index (Phi) is 5.42. The number of benzene rings is 1. The van der Waals surface area contributed by atoms with Crippen LogP contribution in [0.3, 0.4) is 0 Å². The third-order valence-corrected chi connectivity index (χ3v) is 6.91. The van der Waals surface area contributed by atoms with Gasteiger partial charge in [0.05, 0.1) is 0 Å². The molecule has 0 unspecified atom stereocenters. The van der Waals surface area contributed by atoms with Crippen LogP contribution in [0, 0.1) is 18.2 Å². The zero-order chi connectivity index (χ0) is 19.3. The van der Waals surface area contributed by atoms with Gasteiger partial charge >= 0.3 is 0 Å². The molecule has 0 bridgehead atoms. The predicted octanol–water partition coefficient (Wildman–Crippen LogP) is 3.45. The molecule has 3 heterocycles. The molecule has 1 aliphatic carbocycles. The van der Waals surface area contributed by atoms with Gasteiger partial charge in [-0.05, 0) is 75.1 Å². The molecule has 1 amide bonds. The maximum atomic E-state index is 14.6. The SMILES string of the molecule is Cc1ccc(-n2nc(C(=O)N3CCC4(CCNC4)CC3)c3c2CCC3)c(F)c1.Cl. The predicted molar refractivity (Wildman–Crippen MR) is 113 cm³/mol. The van der Waals surface area contributed by atoms with Gasteiger partial charge in [0.2, 0.25) is 0 Å². The molecule has 5 nitrogen and oxygen atoms in total. The number of carbonyl (C=O) groups excluding carboxylic acids is 1. The fourth-order valence-corrected chi connectivity index (χ4v) is 5.15. The lowest BCUT2D eigenvalue weighted by atomic mass is 9.78. The third-order valence-electron chi connectivity index (χ3n) is 6.91. The van der Waals surface area contributed by atoms with Crippen LogP contribution in [-0.2, 0) is 12.8 Å². The number of hydrogen-bond donors (Lipinski definition) is 1. The number of aryl methyl sites for hydroxylation is 1. The van der Waals surface area contributed by atoms with E-state index < -0.39 is 0 Å². The monoisotopic (exact) mass is 418 g/mol. The van der Waals surface area contributed by atoms with E-state index in [1.165, 1.54) is 12.5 Å². The summed E-state index contributed by atoms with van der Waals surface area (Å²) in [6.45, 7) is 5.63. The van der Waals surface area contributed by atoms with Crippen LogP contribution in [0.2, 0.25) is 0 Å². The van der Waals surface area contributed by atoms with Gasteiger partial charge in [0.1, 0.15) is 11.5 Å². The number of hydrogen-bond acceptors (Lipinski definition) is 3. The van der Waals surface area contributed by atoms with E-state index >= 15 is 0 Å². The van der Waals surface area contributed by atoms with Crippen LogP contribution in [0.4, 0.5) is 4.39 Å². The minimum absolute atomic E-state index is 0. The fraction of sp³-hybridized carbons (Fsp3) is 0.545. The summed E-state index contributed by atoms with van der Waals surface area (Å²) in [6.07, 6.45) is 6.02. The van der Waals surface area contributed by atoms with Crippen molar-refractivity contribution in [1.82, 2.24) is 20.0 Å². The topological polar surface area (TPSA) is 50.2 Å². The minimum atomic E-state index is -0.287. The van der Waals surface area contributed by atoms with E-state index in [0.29, 0.717) is 16.8 Å². The number of carbonyl (C=O) groups is 1. The molecule has 1 N–H and O–H groups in total. The van der Waals surface area contributed by atoms with E-state index in [9.17, 15) is 9.18 Å². The first-order valence-electron chi connectivity index (χ1n) is 10.4. The van der Waals surface area contributed by atoms with Crippen LogP contribution in [0.1, 0.15) is 53.0 Å². The number of rotatable bonds is 2. The standard InChI is InChI=1S/C22H27FN4O.ClH/c1-15-5-6-19(17(23)13-15)27-18-4-2-3-16(18)20(25-27)21(28)26-11-8-22(9-12-26)7-10-24-14-22;/h5-6,13,24H,2-4,7-12,14H2,1H3;1H. The first kappa shape index (κ1) is 20.4. The van der Waals surface area contributed by atoms with Gasteiger partial charge in [-0.2, -0.15) is 5.10 Å². The Morgan fingerprint density at radius 3 is 2.69 bits per heavy atom. The second-order valence-corrected chi connectivity index (χ2v) is 8.71. The summed E-state index contributed by atoms with van der Waals surface area (Å²) in [5.41, 5.74) is 4.26. The second-order valence-electron chi connectivity index (χ2n) is 8.71. The Morgan fingerprint density at radius 1 is 1.21 bits per heavy atom. The zero-order valence-electron chi connectivity index (χ0n) is 16.8. The third kappa shape index (κ3) is 3.46. The van der Waals surface area contributed by atoms with Crippen molar-refractivity contribution < 1.29 is 9.18 Å². The summed E-state index contributed by atoms with van der Waals surface area (Å²) in [6, 6.07) is 5.19. The van der Waals surface area contributed by atoms with E-state index in [-0.39, 0.29) is 24.1 Å². The number of fused-ring (bicyclic) bond motifs is 1. The second kappa shape index (κ2) is 7.73. The summed E-state index contributed by atoms with van der Waals surface area (Å²) in [5.74, 6) is -0.268. The van der Waals surface area contributed by atoms with Gasteiger partial charge < -0.3 is 10.2 Å². The van der Waals surface area contributed by atoms with E-state index in [1.54, 1.807) is 10.7 Å². The summed E-state index contributed by atoms with van der Waals surface area (Å²) in [7, 11) is 0. The van der Waals surface area contributed by atoms with Gasteiger partial charge in [0.25, 0.3) is 5.91 Å². The van der Waals surface area contributed by atoms with Crippen LogP contribution in [0.5, 0.6) is 0 Å². The van der Waals surface area contributed by atoms with Crippen LogP contribution < -0.4 is 5.32 Å². The van der Waals surface area contributed by atoms with Gasteiger partial charge in [0.15, 0.2) is 5.69 Å². The molecule has 2 saturated heterocycles. The number of piperidine rings is 1. The van der Waals surface area contributed by atoms with E-state index in [2.05, 4.69) is 10.4 Å². The summed E-state index contributed by atoms with van der Waals surface area (Å²) in [5, 5.41) is 8.10. The molecule has 0 saturated carbocycles. The molecule has 7 heteroatoms. The number of nitrogens with zero attached hydrogens (tertiary/aromatic N) is 3. The lowest BCUT2D eigenvalue weighted by molar-refractivity contribution is 0.0600. The molecule has 0 atom stereocenters. The lowest BCUT2D eigenvalue weighted by Gasteiger charge is -2.38. The smallest absolute Gasteiger partial charge is 0.274 e. The molecule has 1 spiro atoms. The van der Waals surface area contributed by atoms with Gasteiger partial charge in [-0.15, -0.1) is 12.4 Å². The Labute approximate surface area is 177 Å². The highest BCUT2D eigenvalue weighted by Gasteiger charge is 2.39. The number of nitrogens with one attached hydrogen (secondary N) is 1.